The number of nitrogens with two attached hydrogens (primary N) is 1. The maximum atomic E-state index is 14.2. The van der Waals surface area contributed by atoms with Gasteiger partial charge in [-0.25, -0.2) is 12.8 Å². The fourth-order valence-corrected chi connectivity index (χ4v) is 6.55. The quantitative estimate of drug-likeness (QED) is 0.0984. The minimum atomic E-state index is -3.87. The maximum Gasteiger partial charge on any atom is 0.261 e. The molecule has 5 N–H and O–H groups in total. The average Bonchev–Trinajstić information content (AvgIpc) is 3.11. The molecule has 9 nitrogen and oxygen atoms in total. The van der Waals surface area contributed by atoms with Crippen molar-refractivity contribution < 1.29 is 27.1 Å². The van der Waals surface area contributed by atoms with Gasteiger partial charge in [-0.15, -0.1) is 0 Å². The largest absolute Gasteiger partial charge is 0.457 e. The zero-order chi connectivity index (χ0) is 35.7. The lowest BCUT2D eigenvalue weighted by Gasteiger charge is -2.23. The highest BCUT2D eigenvalue weighted by Gasteiger charge is 2.30. The Morgan fingerprint density at radius 3 is 2.28 bits per heavy atom. The van der Waals surface area contributed by atoms with Gasteiger partial charge >= 0.3 is 0 Å². The molecule has 0 saturated carbocycles. The molecule has 0 aliphatic carbocycles. The second-order valence-electron chi connectivity index (χ2n) is 11.4. The predicted molar refractivity (Wildman–Crippen MR) is 192 cm³/mol. The molecule has 12 heteroatoms. The molecule has 50 heavy (non-hydrogen) atoms. The molecular weight excluding hydrogens is 679 g/mol. The molecule has 5 aromatic rings. The van der Waals surface area contributed by atoms with Gasteiger partial charge in [0.25, 0.3) is 10.0 Å². The molecule has 0 aliphatic rings. The first kappa shape index (κ1) is 36.2. The molecule has 258 valence electrons. The second kappa shape index (κ2) is 16.6. The van der Waals surface area contributed by atoms with E-state index in [1.807, 2.05) is 6.07 Å². The van der Waals surface area contributed by atoms with E-state index < -0.39 is 39.6 Å². The third kappa shape index (κ3) is 9.13. The highest BCUT2D eigenvalue weighted by atomic mass is 35.5. The van der Waals surface area contributed by atoms with E-state index in [4.69, 9.17) is 22.1 Å². The third-order valence-corrected chi connectivity index (χ3v) is 9.56. The summed E-state index contributed by atoms with van der Waals surface area (Å²) in [6.45, 7) is 2.14. The van der Waals surface area contributed by atoms with Crippen molar-refractivity contribution >= 4 is 39.1 Å². The molecule has 0 bridgehead atoms. The van der Waals surface area contributed by atoms with Crippen molar-refractivity contribution in [2.45, 2.75) is 43.3 Å². The molecule has 0 heterocycles. The standard InChI is InChI=1S/C38H36ClFN4O5S/c1-2-34(42-24-27-10-6-7-14-33(27)40)37(45)43-38(46)36(26-15-18-29(19-16-26)44-50(47,48)31-12-4-3-5-13-31)32-20-17-28(39)22-35(32)49-30-11-8-9-25(21-30)23-41/h3-22,34,36,42,44H,2,23-24,41H2,1H3,(H,43,45,46). The van der Waals surface area contributed by atoms with E-state index in [2.05, 4.69) is 15.4 Å². The number of carbonyl (C=O) groups excluding carboxylic acids is 2. The Morgan fingerprint density at radius 1 is 0.860 bits per heavy atom. The number of hydrogen-bond acceptors (Lipinski definition) is 7. The topological polar surface area (TPSA) is 140 Å². The van der Waals surface area contributed by atoms with Crippen LogP contribution in [0.25, 0.3) is 0 Å². The lowest BCUT2D eigenvalue weighted by atomic mass is 9.89. The normalized spacial score (nSPS) is 12.5. The minimum absolute atomic E-state index is 0.0770. The van der Waals surface area contributed by atoms with Crippen LogP contribution >= 0.6 is 11.6 Å². The smallest absolute Gasteiger partial charge is 0.261 e. The van der Waals surface area contributed by atoms with Gasteiger partial charge in [-0.1, -0.05) is 85.3 Å². The summed E-state index contributed by atoms with van der Waals surface area (Å²) in [5.41, 5.74) is 8.13. The summed E-state index contributed by atoms with van der Waals surface area (Å²) in [6.07, 6.45) is 0.321. The van der Waals surface area contributed by atoms with Crippen molar-refractivity contribution in [2.24, 2.45) is 5.73 Å². The average molecular weight is 715 g/mol. The minimum Gasteiger partial charge on any atom is -0.457 e. The number of anilines is 1. The summed E-state index contributed by atoms with van der Waals surface area (Å²) >= 11 is 6.39. The lowest BCUT2D eigenvalue weighted by Crippen LogP contribution is -2.47. The van der Waals surface area contributed by atoms with Crippen LogP contribution in [0.2, 0.25) is 5.02 Å². The number of benzene rings is 5. The number of rotatable bonds is 14. The molecule has 0 aliphatic heterocycles. The van der Waals surface area contributed by atoms with Crippen molar-refractivity contribution in [3.63, 3.8) is 0 Å². The zero-order valence-electron chi connectivity index (χ0n) is 27.1. The Balaban J connectivity index is 1.47. The number of ether oxygens (including phenoxy) is 1. The highest BCUT2D eigenvalue weighted by molar-refractivity contribution is 7.92. The van der Waals surface area contributed by atoms with Crippen molar-refractivity contribution in [1.82, 2.24) is 10.6 Å². The first-order valence-corrected chi connectivity index (χ1v) is 17.7. The Bertz CT molecular complexity index is 2060. The van der Waals surface area contributed by atoms with Crippen LogP contribution in [0.4, 0.5) is 10.1 Å². The van der Waals surface area contributed by atoms with Gasteiger partial charge < -0.3 is 15.8 Å². The van der Waals surface area contributed by atoms with Crippen LogP contribution in [0.1, 0.15) is 41.5 Å². The Morgan fingerprint density at radius 2 is 1.58 bits per heavy atom. The van der Waals surface area contributed by atoms with Gasteiger partial charge in [-0.2, -0.15) is 0 Å². The zero-order valence-corrected chi connectivity index (χ0v) is 28.7. The van der Waals surface area contributed by atoms with E-state index in [1.54, 1.807) is 91.9 Å². The van der Waals surface area contributed by atoms with Crippen LogP contribution in [0.15, 0.2) is 126 Å². The highest BCUT2D eigenvalue weighted by Crippen LogP contribution is 2.37. The van der Waals surface area contributed by atoms with E-state index >= 15 is 0 Å². The number of halogens is 2. The summed E-state index contributed by atoms with van der Waals surface area (Å²) in [5.74, 6) is -2.06. The van der Waals surface area contributed by atoms with Crippen molar-refractivity contribution in [3.8, 4) is 11.5 Å². The van der Waals surface area contributed by atoms with Gasteiger partial charge in [0.1, 0.15) is 17.3 Å². The molecule has 0 spiro atoms. The van der Waals surface area contributed by atoms with Crippen LogP contribution in [0, 0.1) is 5.82 Å². The van der Waals surface area contributed by atoms with E-state index in [9.17, 15) is 22.4 Å². The lowest BCUT2D eigenvalue weighted by molar-refractivity contribution is -0.132. The second-order valence-corrected chi connectivity index (χ2v) is 13.5. The molecule has 0 fully saturated rings. The Labute approximate surface area is 295 Å². The number of imide groups is 1. The third-order valence-electron chi connectivity index (χ3n) is 7.93. The summed E-state index contributed by atoms with van der Waals surface area (Å²) < 4.78 is 48.9. The molecular formula is C38H36ClFN4O5S. The van der Waals surface area contributed by atoms with Gasteiger partial charge in [-0.3, -0.25) is 19.6 Å². The van der Waals surface area contributed by atoms with Crippen molar-refractivity contribution in [2.75, 3.05) is 4.72 Å². The fourth-order valence-electron chi connectivity index (χ4n) is 5.31. The maximum absolute atomic E-state index is 14.2. The van der Waals surface area contributed by atoms with Crippen LogP contribution in [-0.2, 0) is 32.7 Å². The molecule has 2 atom stereocenters. The van der Waals surface area contributed by atoms with Gasteiger partial charge in [0.05, 0.1) is 16.9 Å². The number of sulfonamides is 1. The summed E-state index contributed by atoms with van der Waals surface area (Å²) in [6, 6.07) is 31.6. The van der Waals surface area contributed by atoms with E-state index in [0.717, 1.165) is 5.56 Å². The molecule has 5 aromatic carbocycles. The molecule has 0 saturated heterocycles. The van der Waals surface area contributed by atoms with E-state index in [1.165, 1.54) is 30.3 Å². The van der Waals surface area contributed by atoms with E-state index in [-0.39, 0.29) is 29.4 Å². The van der Waals surface area contributed by atoms with Crippen molar-refractivity contribution in [1.29, 1.82) is 0 Å². The first-order chi connectivity index (χ1) is 24.1. The van der Waals surface area contributed by atoms with Gasteiger partial charge in [0.15, 0.2) is 0 Å². The molecule has 0 aromatic heterocycles. The van der Waals surface area contributed by atoms with Gasteiger partial charge in [-0.05, 0) is 72.1 Å². The van der Waals surface area contributed by atoms with Crippen LogP contribution in [0.5, 0.6) is 11.5 Å². The predicted octanol–water partition coefficient (Wildman–Crippen LogP) is 6.87. The number of amides is 2. The monoisotopic (exact) mass is 714 g/mol. The SMILES string of the molecule is CCC(NCc1ccccc1F)C(=O)NC(=O)C(c1ccc(NS(=O)(=O)c2ccccc2)cc1)c1ccc(Cl)cc1Oc1cccc(CN)c1. The van der Waals surface area contributed by atoms with Crippen LogP contribution in [0.3, 0.4) is 0 Å². The number of carbonyl (C=O) groups is 2. The summed E-state index contributed by atoms with van der Waals surface area (Å²) in [7, 11) is -3.87. The molecule has 2 amide bonds. The van der Waals surface area contributed by atoms with Crippen molar-refractivity contribution in [3.05, 3.63) is 154 Å². The molecule has 0 radical (unpaired) electrons. The Hall–Kier alpha value is -5.07. The van der Waals surface area contributed by atoms with Crippen LogP contribution < -0.4 is 25.8 Å². The summed E-state index contributed by atoms with van der Waals surface area (Å²) in [5, 5.41) is 5.91. The van der Waals surface area contributed by atoms with E-state index in [0.29, 0.717) is 33.9 Å². The molecule has 5 rings (SSSR count). The fraction of sp³-hybridized carbons (Fsp3) is 0.158. The van der Waals surface area contributed by atoms with Gasteiger partial charge in [0.2, 0.25) is 11.8 Å². The number of nitrogens with one attached hydrogen (secondary N) is 3. The first-order valence-electron chi connectivity index (χ1n) is 15.8. The Kier molecular flexibility index (Phi) is 12.0. The van der Waals surface area contributed by atoms with Crippen LogP contribution in [-0.4, -0.2) is 26.3 Å². The molecule has 2 unspecified atom stereocenters. The summed E-state index contributed by atoms with van der Waals surface area (Å²) in [4.78, 5) is 27.7. The van der Waals surface area contributed by atoms with Gasteiger partial charge in [0, 0.05) is 34.9 Å². The number of hydrogen-bond donors (Lipinski definition) is 4.